The molecule has 0 bridgehead atoms. The second kappa shape index (κ2) is 5.68. The summed E-state index contributed by atoms with van der Waals surface area (Å²) >= 11 is 2.06. The number of fused-ring (bicyclic) bond motifs is 1. The molecule has 1 aromatic carbocycles. The number of carbonyl (C=O) groups is 3. The van der Waals surface area contributed by atoms with E-state index in [2.05, 4.69) is 22.6 Å². The van der Waals surface area contributed by atoms with E-state index in [0.29, 0.717) is 15.6 Å². The van der Waals surface area contributed by atoms with Crippen molar-refractivity contribution in [2.24, 2.45) is 0 Å². The number of nitrogens with zero attached hydrogens (tertiary/aromatic N) is 1. The molecule has 6 heteroatoms. The van der Waals surface area contributed by atoms with Crippen LogP contribution in [0, 0.1) is 0 Å². The number of amides is 2. The normalized spacial score (nSPS) is 15.4. The highest BCUT2D eigenvalue weighted by Gasteiger charge is 2.36. The molecule has 100 valence electrons. The summed E-state index contributed by atoms with van der Waals surface area (Å²) in [6.45, 7) is 1.40. The Morgan fingerprint density at radius 3 is 2.21 bits per heavy atom. The zero-order chi connectivity index (χ0) is 14.0. The van der Waals surface area contributed by atoms with Gasteiger partial charge in [0.05, 0.1) is 17.7 Å². The molecule has 1 aliphatic heterocycles. The Hall–Kier alpha value is -1.44. The van der Waals surface area contributed by atoms with E-state index >= 15 is 0 Å². The highest BCUT2D eigenvalue weighted by atomic mass is 127. The van der Waals surface area contributed by atoms with E-state index in [1.165, 1.54) is 6.92 Å². The van der Waals surface area contributed by atoms with Crippen molar-refractivity contribution >= 4 is 40.4 Å². The smallest absolute Gasteiger partial charge is 0.302 e. The second-order valence-corrected chi connectivity index (χ2v) is 5.03. The van der Waals surface area contributed by atoms with Gasteiger partial charge in [-0.3, -0.25) is 19.3 Å². The van der Waals surface area contributed by atoms with E-state index in [1.807, 2.05) is 0 Å². The van der Waals surface area contributed by atoms with Crippen LogP contribution in [0.25, 0.3) is 0 Å². The molecule has 0 saturated carbocycles. The van der Waals surface area contributed by atoms with Crippen molar-refractivity contribution in [3.05, 3.63) is 35.4 Å². The molecule has 0 aliphatic carbocycles. The number of ether oxygens (including phenoxy) is 1. The molecule has 0 N–H and O–H groups in total. The van der Waals surface area contributed by atoms with Crippen LogP contribution in [-0.2, 0) is 9.53 Å². The van der Waals surface area contributed by atoms with Gasteiger partial charge in [-0.15, -0.1) is 0 Å². The SMILES string of the molecule is CC(=O)OC(CI)CN1C(=O)c2ccccc2C1=O. The molecule has 0 aromatic heterocycles. The lowest BCUT2D eigenvalue weighted by Crippen LogP contribution is -2.39. The van der Waals surface area contributed by atoms with Gasteiger partial charge in [0.1, 0.15) is 6.10 Å². The number of imide groups is 1. The summed E-state index contributed by atoms with van der Waals surface area (Å²) in [5, 5.41) is 0. The summed E-state index contributed by atoms with van der Waals surface area (Å²) in [5.41, 5.74) is 0.810. The van der Waals surface area contributed by atoms with Crippen LogP contribution in [0.3, 0.4) is 0 Å². The Morgan fingerprint density at radius 2 is 1.79 bits per heavy atom. The molecule has 0 spiro atoms. The predicted octanol–water partition coefficient (Wildman–Crippen LogP) is 1.65. The first-order valence-corrected chi connectivity index (χ1v) is 7.25. The first kappa shape index (κ1) is 14.0. The Kier molecular flexibility index (Phi) is 4.18. The van der Waals surface area contributed by atoms with E-state index in [-0.39, 0.29) is 18.4 Å². The van der Waals surface area contributed by atoms with Crippen molar-refractivity contribution in [3.63, 3.8) is 0 Å². The number of esters is 1. The maximum absolute atomic E-state index is 12.1. The van der Waals surface area contributed by atoms with E-state index in [4.69, 9.17) is 4.74 Å². The number of rotatable bonds is 4. The third-order valence-corrected chi connectivity index (χ3v) is 3.75. The van der Waals surface area contributed by atoms with Crippen molar-refractivity contribution in [2.75, 3.05) is 11.0 Å². The second-order valence-electron chi connectivity index (χ2n) is 4.15. The number of benzene rings is 1. The Labute approximate surface area is 124 Å². The molecular formula is C13H12INO4. The van der Waals surface area contributed by atoms with Gasteiger partial charge in [-0.25, -0.2) is 0 Å². The molecule has 5 nitrogen and oxygen atoms in total. The third-order valence-electron chi connectivity index (χ3n) is 2.77. The number of alkyl halides is 1. The van der Waals surface area contributed by atoms with Gasteiger partial charge in [0, 0.05) is 11.4 Å². The minimum Gasteiger partial charge on any atom is -0.460 e. The van der Waals surface area contributed by atoms with E-state index in [1.54, 1.807) is 24.3 Å². The highest BCUT2D eigenvalue weighted by Crippen LogP contribution is 2.23. The quantitative estimate of drug-likeness (QED) is 0.349. The lowest BCUT2D eigenvalue weighted by molar-refractivity contribution is -0.145. The minimum atomic E-state index is -0.472. The molecule has 0 fully saturated rings. The van der Waals surface area contributed by atoms with Gasteiger partial charge >= 0.3 is 5.97 Å². The van der Waals surface area contributed by atoms with Crippen LogP contribution in [0.4, 0.5) is 0 Å². The average Bonchev–Trinajstić information content (AvgIpc) is 2.63. The number of hydrogen-bond donors (Lipinski definition) is 0. The predicted molar refractivity (Wildman–Crippen MR) is 76.3 cm³/mol. The summed E-state index contributed by atoms with van der Waals surface area (Å²) < 4.78 is 5.58. The topological polar surface area (TPSA) is 63.7 Å². The van der Waals surface area contributed by atoms with Crippen LogP contribution in [0.15, 0.2) is 24.3 Å². The van der Waals surface area contributed by atoms with Gasteiger partial charge in [-0.2, -0.15) is 0 Å². The first-order chi connectivity index (χ1) is 9.04. The molecule has 1 unspecified atom stereocenters. The fraction of sp³-hybridized carbons (Fsp3) is 0.308. The molecule has 0 radical (unpaired) electrons. The summed E-state index contributed by atoms with van der Waals surface area (Å²) in [5.74, 6) is -1.08. The lowest BCUT2D eigenvalue weighted by Gasteiger charge is -2.20. The Bertz CT molecular complexity index is 508. The van der Waals surface area contributed by atoms with Crippen LogP contribution in [0.2, 0.25) is 0 Å². The molecule has 1 atom stereocenters. The van der Waals surface area contributed by atoms with Gasteiger partial charge in [-0.1, -0.05) is 34.7 Å². The van der Waals surface area contributed by atoms with Gasteiger partial charge in [-0.05, 0) is 12.1 Å². The van der Waals surface area contributed by atoms with Crippen molar-refractivity contribution in [1.82, 2.24) is 4.90 Å². The lowest BCUT2D eigenvalue weighted by atomic mass is 10.1. The maximum atomic E-state index is 12.1. The minimum absolute atomic E-state index is 0.0921. The Balaban J connectivity index is 2.17. The zero-order valence-corrected chi connectivity index (χ0v) is 12.4. The molecule has 2 rings (SSSR count). The van der Waals surface area contributed by atoms with Crippen molar-refractivity contribution < 1.29 is 19.1 Å². The van der Waals surface area contributed by atoms with Crippen molar-refractivity contribution in [3.8, 4) is 0 Å². The summed E-state index contributed by atoms with van der Waals surface area (Å²) in [7, 11) is 0. The van der Waals surface area contributed by atoms with Crippen LogP contribution < -0.4 is 0 Å². The van der Waals surface area contributed by atoms with Gasteiger partial charge in [0.25, 0.3) is 11.8 Å². The molecule has 2 amide bonds. The largest absolute Gasteiger partial charge is 0.460 e. The van der Waals surface area contributed by atoms with E-state index in [0.717, 1.165) is 4.90 Å². The summed E-state index contributed by atoms with van der Waals surface area (Å²) in [4.78, 5) is 36.3. The molecule has 1 aliphatic rings. The number of hydrogen-bond acceptors (Lipinski definition) is 4. The Morgan fingerprint density at radius 1 is 1.26 bits per heavy atom. The van der Waals surface area contributed by atoms with Crippen LogP contribution in [-0.4, -0.2) is 39.8 Å². The first-order valence-electron chi connectivity index (χ1n) is 5.73. The van der Waals surface area contributed by atoms with Gasteiger partial charge in [0.15, 0.2) is 0 Å². The molecular weight excluding hydrogens is 361 g/mol. The van der Waals surface area contributed by atoms with E-state index in [9.17, 15) is 14.4 Å². The van der Waals surface area contributed by atoms with Crippen LogP contribution in [0.1, 0.15) is 27.6 Å². The van der Waals surface area contributed by atoms with Gasteiger partial charge < -0.3 is 4.74 Å². The molecule has 19 heavy (non-hydrogen) atoms. The monoisotopic (exact) mass is 373 g/mol. The zero-order valence-electron chi connectivity index (χ0n) is 10.3. The number of halogens is 1. The molecule has 1 aromatic rings. The van der Waals surface area contributed by atoms with Crippen LogP contribution >= 0.6 is 22.6 Å². The summed E-state index contributed by atoms with van der Waals surface area (Å²) in [6, 6.07) is 6.69. The van der Waals surface area contributed by atoms with Crippen LogP contribution in [0.5, 0.6) is 0 Å². The van der Waals surface area contributed by atoms with Crippen molar-refractivity contribution in [2.45, 2.75) is 13.0 Å². The fourth-order valence-corrected chi connectivity index (χ4v) is 2.42. The molecule has 0 saturated heterocycles. The van der Waals surface area contributed by atoms with Crippen molar-refractivity contribution in [1.29, 1.82) is 0 Å². The molecule has 1 heterocycles. The summed E-state index contributed by atoms with van der Waals surface area (Å²) in [6.07, 6.45) is -0.472. The number of carbonyl (C=O) groups excluding carboxylic acids is 3. The van der Waals surface area contributed by atoms with Gasteiger partial charge in [0.2, 0.25) is 0 Å². The fourth-order valence-electron chi connectivity index (χ4n) is 1.96. The third kappa shape index (κ3) is 2.78. The average molecular weight is 373 g/mol. The maximum Gasteiger partial charge on any atom is 0.302 e. The standard InChI is InChI=1S/C13H12INO4/c1-8(16)19-9(6-14)7-15-12(17)10-4-2-3-5-11(10)13(15)18/h2-5,9H,6-7H2,1H3. The highest BCUT2D eigenvalue weighted by molar-refractivity contribution is 14.1. The van der Waals surface area contributed by atoms with E-state index < -0.39 is 12.1 Å².